The Balaban J connectivity index is 1.99. The molecule has 1 rings (SSSR count). The van der Waals surface area contributed by atoms with Gasteiger partial charge in [-0.3, -0.25) is 0 Å². The van der Waals surface area contributed by atoms with E-state index in [0.717, 1.165) is 38.3 Å². The fourth-order valence-electron chi connectivity index (χ4n) is 2.65. The van der Waals surface area contributed by atoms with Gasteiger partial charge in [0.1, 0.15) is 5.78 Å². The summed E-state index contributed by atoms with van der Waals surface area (Å²) in [5.41, 5.74) is 0. The first kappa shape index (κ1) is 15.6. The van der Waals surface area contributed by atoms with Crippen LogP contribution in [0.5, 0.6) is 0 Å². The van der Waals surface area contributed by atoms with E-state index in [-0.39, 0.29) is 0 Å². The normalized spacial score (nSPS) is 24.1. The first-order valence-electron chi connectivity index (χ1n) is 7.48. The zero-order chi connectivity index (χ0) is 13.2. The maximum atomic E-state index is 10.9. The molecule has 1 N–H and O–H groups in total. The van der Waals surface area contributed by atoms with Crippen molar-refractivity contribution in [2.24, 2.45) is 5.92 Å². The Morgan fingerprint density at radius 3 is 2.56 bits per heavy atom. The Bertz CT molecular complexity index is 223. The molecule has 0 bridgehead atoms. The molecule has 1 aliphatic carbocycles. The standard InChI is InChI=1S/C15H29NO2/c1-13(17)5-6-14-7-9-15(10-8-14)18-12-4-3-11-16-2/h14-16H,3-12H2,1-2H3. The Labute approximate surface area is 112 Å². The number of hydrogen-bond donors (Lipinski definition) is 1. The van der Waals surface area contributed by atoms with Gasteiger partial charge in [-0.05, 0) is 71.4 Å². The number of unbranched alkanes of at least 4 members (excludes halogenated alkanes) is 1. The molecule has 0 spiro atoms. The molecule has 0 radical (unpaired) electrons. The van der Waals surface area contributed by atoms with Gasteiger partial charge < -0.3 is 14.8 Å². The zero-order valence-corrected chi connectivity index (χ0v) is 12.0. The summed E-state index contributed by atoms with van der Waals surface area (Å²) in [6, 6.07) is 0. The lowest BCUT2D eigenvalue weighted by atomic mass is 9.84. The Kier molecular flexibility index (Phi) is 8.27. The highest BCUT2D eigenvalue weighted by Gasteiger charge is 2.21. The molecule has 0 aromatic heterocycles. The number of ether oxygens (including phenoxy) is 1. The third-order valence-electron chi connectivity index (χ3n) is 3.87. The third kappa shape index (κ3) is 7.12. The second-order valence-electron chi connectivity index (χ2n) is 5.56. The maximum Gasteiger partial charge on any atom is 0.129 e. The van der Waals surface area contributed by atoms with Crippen LogP contribution < -0.4 is 5.32 Å². The number of hydrogen-bond acceptors (Lipinski definition) is 3. The predicted molar refractivity (Wildman–Crippen MR) is 74.8 cm³/mol. The number of carbonyl (C=O) groups excluding carboxylic acids is 1. The van der Waals surface area contributed by atoms with Crippen molar-refractivity contribution >= 4 is 5.78 Å². The highest BCUT2D eigenvalue weighted by atomic mass is 16.5. The first-order chi connectivity index (χ1) is 8.72. The zero-order valence-electron chi connectivity index (χ0n) is 12.0. The van der Waals surface area contributed by atoms with Gasteiger partial charge in [0.2, 0.25) is 0 Å². The molecule has 0 saturated heterocycles. The van der Waals surface area contributed by atoms with Gasteiger partial charge in [-0.25, -0.2) is 0 Å². The van der Waals surface area contributed by atoms with E-state index in [1.807, 2.05) is 7.05 Å². The summed E-state index contributed by atoms with van der Waals surface area (Å²) in [5, 5.41) is 3.15. The topological polar surface area (TPSA) is 38.3 Å². The average Bonchev–Trinajstić information content (AvgIpc) is 2.37. The highest BCUT2D eigenvalue weighted by molar-refractivity contribution is 5.75. The summed E-state index contributed by atoms with van der Waals surface area (Å²) in [6.45, 7) is 3.69. The van der Waals surface area contributed by atoms with Crippen LogP contribution in [-0.4, -0.2) is 32.1 Å². The number of Topliss-reactive ketones (excluding diaryl/α,β-unsaturated/α-hetero) is 1. The minimum Gasteiger partial charge on any atom is -0.378 e. The van der Waals surface area contributed by atoms with Gasteiger partial charge >= 0.3 is 0 Å². The van der Waals surface area contributed by atoms with Crippen LogP contribution in [0.1, 0.15) is 58.3 Å². The van der Waals surface area contributed by atoms with Crippen molar-refractivity contribution in [1.82, 2.24) is 5.32 Å². The summed E-state index contributed by atoms with van der Waals surface area (Å²) in [6.07, 6.45) is 9.56. The Hall–Kier alpha value is -0.410. The predicted octanol–water partition coefficient (Wildman–Crippen LogP) is 2.93. The molecule has 0 aliphatic heterocycles. The highest BCUT2D eigenvalue weighted by Crippen LogP contribution is 2.29. The summed E-state index contributed by atoms with van der Waals surface area (Å²) >= 11 is 0. The lowest BCUT2D eigenvalue weighted by molar-refractivity contribution is -0.117. The van der Waals surface area contributed by atoms with Gasteiger partial charge in [-0.2, -0.15) is 0 Å². The van der Waals surface area contributed by atoms with E-state index in [1.165, 1.54) is 32.1 Å². The van der Waals surface area contributed by atoms with Crippen molar-refractivity contribution in [2.45, 2.75) is 64.4 Å². The molecule has 0 heterocycles. The molecule has 106 valence electrons. The molecule has 3 heteroatoms. The molecule has 1 fully saturated rings. The van der Waals surface area contributed by atoms with Gasteiger partial charge in [-0.1, -0.05) is 0 Å². The van der Waals surface area contributed by atoms with Crippen LogP contribution in [0.4, 0.5) is 0 Å². The minimum absolute atomic E-state index is 0.331. The van der Waals surface area contributed by atoms with E-state index in [1.54, 1.807) is 6.92 Å². The van der Waals surface area contributed by atoms with Crippen LogP contribution >= 0.6 is 0 Å². The molecular formula is C15H29NO2. The number of nitrogens with one attached hydrogen (secondary N) is 1. The summed E-state index contributed by atoms with van der Waals surface area (Å²) in [4.78, 5) is 10.9. The molecule has 1 aliphatic rings. The van der Waals surface area contributed by atoms with Crippen molar-refractivity contribution in [2.75, 3.05) is 20.2 Å². The second kappa shape index (κ2) is 9.51. The molecule has 0 aromatic carbocycles. The van der Waals surface area contributed by atoms with Gasteiger partial charge in [0.15, 0.2) is 0 Å². The minimum atomic E-state index is 0.331. The Morgan fingerprint density at radius 1 is 1.22 bits per heavy atom. The molecule has 18 heavy (non-hydrogen) atoms. The van der Waals surface area contributed by atoms with E-state index in [9.17, 15) is 4.79 Å². The summed E-state index contributed by atoms with van der Waals surface area (Å²) in [5.74, 6) is 1.09. The second-order valence-corrected chi connectivity index (χ2v) is 5.56. The van der Waals surface area contributed by atoms with E-state index >= 15 is 0 Å². The van der Waals surface area contributed by atoms with Gasteiger partial charge in [0.05, 0.1) is 6.10 Å². The third-order valence-corrected chi connectivity index (χ3v) is 3.87. The monoisotopic (exact) mass is 255 g/mol. The molecule has 0 atom stereocenters. The van der Waals surface area contributed by atoms with Crippen LogP contribution in [0.25, 0.3) is 0 Å². The molecule has 0 amide bonds. The lowest BCUT2D eigenvalue weighted by Crippen LogP contribution is -2.22. The molecule has 3 nitrogen and oxygen atoms in total. The fourth-order valence-corrected chi connectivity index (χ4v) is 2.65. The van der Waals surface area contributed by atoms with Gasteiger partial charge in [0.25, 0.3) is 0 Å². The van der Waals surface area contributed by atoms with Crippen LogP contribution in [0.3, 0.4) is 0 Å². The van der Waals surface area contributed by atoms with E-state index in [0.29, 0.717) is 11.9 Å². The van der Waals surface area contributed by atoms with Crippen LogP contribution in [0, 0.1) is 5.92 Å². The van der Waals surface area contributed by atoms with E-state index < -0.39 is 0 Å². The van der Waals surface area contributed by atoms with Crippen molar-refractivity contribution in [3.05, 3.63) is 0 Å². The van der Waals surface area contributed by atoms with Crippen molar-refractivity contribution < 1.29 is 9.53 Å². The van der Waals surface area contributed by atoms with E-state index in [2.05, 4.69) is 5.32 Å². The molecular weight excluding hydrogens is 226 g/mol. The van der Waals surface area contributed by atoms with Crippen molar-refractivity contribution in [3.63, 3.8) is 0 Å². The Morgan fingerprint density at radius 2 is 1.94 bits per heavy atom. The van der Waals surface area contributed by atoms with Gasteiger partial charge in [0, 0.05) is 13.0 Å². The van der Waals surface area contributed by atoms with Crippen LogP contribution in [0.2, 0.25) is 0 Å². The fraction of sp³-hybridized carbons (Fsp3) is 0.933. The largest absolute Gasteiger partial charge is 0.378 e. The van der Waals surface area contributed by atoms with Crippen LogP contribution in [0.15, 0.2) is 0 Å². The first-order valence-corrected chi connectivity index (χ1v) is 7.48. The lowest BCUT2D eigenvalue weighted by Gasteiger charge is -2.28. The SMILES string of the molecule is CNCCCCOC1CCC(CCC(C)=O)CC1. The average molecular weight is 255 g/mol. The molecule has 1 saturated carbocycles. The maximum absolute atomic E-state index is 10.9. The number of rotatable bonds is 9. The summed E-state index contributed by atoms with van der Waals surface area (Å²) < 4.78 is 5.91. The van der Waals surface area contributed by atoms with E-state index in [4.69, 9.17) is 4.74 Å². The molecule has 0 aromatic rings. The molecule has 0 unspecified atom stereocenters. The number of ketones is 1. The smallest absolute Gasteiger partial charge is 0.129 e. The van der Waals surface area contributed by atoms with Crippen molar-refractivity contribution in [3.8, 4) is 0 Å². The summed E-state index contributed by atoms with van der Waals surface area (Å²) in [7, 11) is 1.99. The number of carbonyl (C=O) groups is 1. The van der Waals surface area contributed by atoms with Crippen LogP contribution in [-0.2, 0) is 9.53 Å². The van der Waals surface area contributed by atoms with Gasteiger partial charge in [-0.15, -0.1) is 0 Å². The quantitative estimate of drug-likeness (QED) is 0.644. The van der Waals surface area contributed by atoms with Crippen molar-refractivity contribution in [1.29, 1.82) is 0 Å².